The number of aliphatic hydroxyl groups is 1. The van der Waals surface area contributed by atoms with Crippen molar-refractivity contribution in [3.05, 3.63) is 33.8 Å². The van der Waals surface area contributed by atoms with Gasteiger partial charge in [0, 0.05) is 16.8 Å². The van der Waals surface area contributed by atoms with E-state index in [-0.39, 0.29) is 18.2 Å². The van der Waals surface area contributed by atoms with Crippen LogP contribution in [0.15, 0.2) is 18.2 Å². The predicted molar refractivity (Wildman–Crippen MR) is 75.8 cm³/mol. The highest BCUT2D eigenvalue weighted by Gasteiger charge is 2.46. The van der Waals surface area contributed by atoms with E-state index in [1.165, 1.54) is 6.07 Å². The van der Waals surface area contributed by atoms with E-state index >= 15 is 0 Å². The number of benzene rings is 1. The molecule has 2 atom stereocenters. The van der Waals surface area contributed by atoms with Crippen LogP contribution in [-0.4, -0.2) is 44.9 Å². The maximum Gasteiger partial charge on any atom is 0.211 e. The molecule has 2 rings (SSSR count). The number of rotatable bonds is 4. The van der Waals surface area contributed by atoms with Gasteiger partial charge in [-0.25, -0.2) is 8.42 Å². The number of hydrogen-bond acceptors (Lipinski definition) is 5. The van der Waals surface area contributed by atoms with E-state index in [4.69, 9.17) is 37.8 Å². The average molecular weight is 341 g/mol. The smallest absolute Gasteiger partial charge is 0.211 e. The van der Waals surface area contributed by atoms with E-state index < -0.39 is 27.5 Å². The number of aliphatic hydroxyl groups excluding tert-OH is 1. The molecule has 1 N–H and O–H groups in total. The minimum absolute atomic E-state index is 0.0883. The summed E-state index contributed by atoms with van der Waals surface area (Å²) in [6, 6.07) is 4.63. The summed E-state index contributed by atoms with van der Waals surface area (Å²) in [6.45, 7) is -0.179. The van der Waals surface area contributed by atoms with E-state index in [0.29, 0.717) is 10.6 Å². The Bertz CT molecular complexity index is 604. The first-order chi connectivity index (χ1) is 9.26. The van der Waals surface area contributed by atoms with Gasteiger partial charge in [-0.1, -0.05) is 29.3 Å². The lowest BCUT2D eigenvalue weighted by atomic mass is 10.1. The Morgan fingerprint density at radius 3 is 2.65 bits per heavy atom. The zero-order valence-electron chi connectivity index (χ0n) is 10.7. The van der Waals surface area contributed by atoms with E-state index in [1.807, 2.05) is 0 Å². The second-order valence-corrected chi connectivity index (χ2v) is 7.66. The molecule has 1 fully saturated rings. The van der Waals surface area contributed by atoms with Gasteiger partial charge < -0.3 is 14.6 Å². The standard InChI is InChI=1S/C12H14Cl2O5S/c1-20(16,17)7-12(18-6-9(5-15)19-12)10-3-2-8(13)4-11(10)14/h2-4,9,15H,5-7H2,1H3/t9-,12+/m0/s1. The van der Waals surface area contributed by atoms with Crippen LogP contribution in [0.1, 0.15) is 5.56 Å². The molecule has 0 saturated carbocycles. The molecule has 1 heterocycles. The monoisotopic (exact) mass is 340 g/mol. The highest BCUT2D eigenvalue weighted by atomic mass is 35.5. The molecule has 0 unspecified atom stereocenters. The maximum atomic E-state index is 11.6. The molecule has 5 nitrogen and oxygen atoms in total. The third-order valence-corrected chi connectivity index (χ3v) is 4.31. The van der Waals surface area contributed by atoms with Gasteiger partial charge >= 0.3 is 0 Å². The molecular weight excluding hydrogens is 327 g/mol. The molecule has 0 radical (unpaired) electrons. The minimum Gasteiger partial charge on any atom is -0.394 e. The van der Waals surface area contributed by atoms with E-state index in [0.717, 1.165) is 6.26 Å². The molecule has 20 heavy (non-hydrogen) atoms. The first-order valence-electron chi connectivity index (χ1n) is 5.82. The van der Waals surface area contributed by atoms with Crippen LogP contribution in [0.2, 0.25) is 10.0 Å². The fourth-order valence-corrected chi connectivity index (χ4v) is 3.64. The van der Waals surface area contributed by atoms with Crippen molar-refractivity contribution in [3.63, 3.8) is 0 Å². The number of hydrogen-bond donors (Lipinski definition) is 1. The normalized spacial score (nSPS) is 26.9. The Morgan fingerprint density at radius 1 is 1.45 bits per heavy atom. The SMILES string of the molecule is CS(=O)(=O)C[C@@]1(c2ccc(Cl)cc2Cl)OC[C@H](CO)O1. The lowest BCUT2D eigenvalue weighted by molar-refractivity contribution is -0.162. The number of halogens is 2. The van der Waals surface area contributed by atoms with Gasteiger partial charge in [-0.2, -0.15) is 0 Å². The quantitative estimate of drug-likeness (QED) is 0.901. The van der Waals surface area contributed by atoms with Crippen molar-refractivity contribution in [3.8, 4) is 0 Å². The first-order valence-corrected chi connectivity index (χ1v) is 8.63. The first kappa shape index (κ1) is 16.0. The number of ether oxygens (including phenoxy) is 2. The summed E-state index contributed by atoms with van der Waals surface area (Å²) in [5, 5.41) is 9.82. The lowest BCUT2D eigenvalue weighted by Crippen LogP contribution is -2.36. The maximum absolute atomic E-state index is 11.6. The second kappa shape index (κ2) is 5.79. The number of sulfone groups is 1. The van der Waals surface area contributed by atoms with Crippen molar-refractivity contribution in [2.75, 3.05) is 25.2 Å². The summed E-state index contributed by atoms with van der Waals surface area (Å²) in [4.78, 5) is 0. The highest BCUT2D eigenvalue weighted by molar-refractivity contribution is 7.90. The fraction of sp³-hybridized carbons (Fsp3) is 0.500. The topological polar surface area (TPSA) is 72.8 Å². The zero-order valence-corrected chi connectivity index (χ0v) is 13.0. The molecule has 1 aliphatic rings. The van der Waals surface area contributed by atoms with Gasteiger partial charge in [-0.3, -0.25) is 0 Å². The van der Waals surface area contributed by atoms with Crippen LogP contribution >= 0.6 is 23.2 Å². The fourth-order valence-electron chi connectivity index (χ4n) is 2.09. The van der Waals surface area contributed by atoms with Crippen LogP contribution in [0.25, 0.3) is 0 Å². The summed E-state index contributed by atoms with van der Waals surface area (Å²) in [7, 11) is -3.40. The lowest BCUT2D eigenvalue weighted by Gasteiger charge is -2.28. The van der Waals surface area contributed by atoms with Crippen molar-refractivity contribution in [1.82, 2.24) is 0 Å². The van der Waals surface area contributed by atoms with Crippen LogP contribution in [0.4, 0.5) is 0 Å². The summed E-state index contributed by atoms with van der Waals surface area (Å²) in [5.41, 5.74) is 0.380. The molecule has 0 spiro atoms. The van der Waals surface area contributed by atoms with Crippen molar-refractivity contribution in [2.45, 2.75) is 11.9 Å². The molecule has 8 heteroatoms. The summed E-state index contributed by atoms with van der Waals surface area (Å²) in [6.07, 6.45) is 0.487. The van der Waals surface area contributed by atoms with Crippen LogP contribution in [0, 0.1) is 0 Å². The zero-order chi connectivity index (χ0) is 15.0. The van der Waals surface area contributed by atoms with Gasteiger partial charge in [0.2, 0.25) is 5.79 Å². The molecule has 112 valence electrons. The van der Waals surface area contributed by atoms with Crippen molar-refractivity contribution in [1.29, 1.82) is 0 Å². The average Bonchev–Trinajstić information content (AvgIpc) is 2.70. The van der Waals surface area contributed by atoms with Gasteiger partial charge in [0.05, 0.1) is 18.2 Å². The third-order valence-electron chi connectivity index (χ3n) is 2.86. The van der Waals surface area contributed by atoms with Crippen LogP contribution in [-0.2, 0) is 25.1 Å². The Morgan fingerprint density at radius 2 is 2.15 bits per heavy atom. The molecule has 0 amide bonds. The molecule has 1 aromatic rings. The van der Waals surface area contributed by atoms with Crippen molar-refractivity contribution >= 4 is 33.0 Å². The van der Waals surface area contributed by atoms with Gasteiger partial charge in [0.15, 0.2) is 9.84 Å². The summed E-state index contributed by atoms with van der Waals surface area (Å²) < 4.78 is 34.4. The molecule has 0 aliphatic carbocycles. The van der Waals surface area contributed by atoms with Gasteiger partial charge in [0.1, 0.15) is 11.9 Å². The van der Waals surface area contributed by atoms with Gasteiger partial charge in [-0.15, -0.1) is 0 Å². The molecular formula is C12H14Cl2O5S. The third kappa shape index (κ3) is 3.44. The Labute approximate surface area is 127 Å². The molecule has 0 aromatic heterocycles. The second-order valence-electron chi connectivity index (χ2n) is 4.68. The largest absolute Gasteiger partial charge is 0.394 e. The minimum atomic E-state index is -3.40. The highest BCUT2D eigenvalue weighted by Crippen LogP contribution is 2.40. The molecule has 1 saturated heterocycles. The van der Waals surface area contributed by atoms with Crippen LogP contribution in [0.3, 0.4) is 0 Å². The Balaban J connectivity index is 2.47. The van der Waals surface area contributed by atoms with Crippen LogP contribution in [0.5, 0.6) is 0 Å². The van der Waals surface area contributed by atoms with E-state index in [2.05, 4.69) is 0 Å². The summed E-state index contributed by atoms with van der Waals surface area (Å²) >= 11 is 12.0. The predicted octanol–water partition coefficient (Wildman–Crippen LogP) is 1.60. The van der Waals surface area contributed by atoms with Crippen LogP contribution < -0.4 is 0 Å². The molecule has 1 aliphatic heterocycles. The summed E-state index contributed by atoms with van der Waals surface area (Å²) in [5.74, 6) is -1.90. The van der Waals surface area contributed by atoms with Crippen molar-refractivity contribution < 1.29 is 23.0 Å². The van der Waals surface area contributed by atoms with E-state index in [9.17, 15) is 8.42 Å². The van der Waals surface area contributed by atoms with E-state index in [1.54, 1.807) is 12.1 Å². The molecule has 1 aromatic carbocycles. The van der Waals surface area contributed by atoms with Gasteiger partial charge in [-0.05, 0) is 12.1 Å². The Hall–Kier alpha value is -0.370. The Kier molecular flexibility index (Phi) is 4.63. The van der Waals surface area contributed by atoms with Gasteiger partial charge in [0.25, 0.3) is 0 Å². The van der Waals surface area contributed by atoms with Crippen molar-refractivity contribution in [2.24, 2.45) is 0 Å². The molecule has 0 bridgehead atoms.